The van der Waals surface area contributed by atoms with Gasteiger partial charge in [0.15, 0.2) is 16.9 Å². The average Bonchev–Trinajstić information content (AvgIpc) is 3.39. The van der Waals surface area contributed by atoms with Crippen molar-refractivity contribution in [2.75, 3.05) is 0 Å². The quantitative estimate of drug-likeness (QED) is 0.350. The molecule has 0 saturated carbocycles. The first-order valence-electron chi connectivity index (χ1n) is 10.5. The third kappa shape index (κ3) is 2.17. The van der Waals surface area contributed by atoms with Gasteiger partial charge >= 0.3 is 0 Å². The van der Waals surface area contributed by atoms with Gasteiger partial charge in [-0.25, -0.2) is 58.1 Å². The first-order chi connectivity index (χ1) is 15.8. The maximum Gasteiger partial charge on any atom is 0.228 e. The summed E-state index contributed by atoms with van der Waals surface area (Å²) in [5, 5.41) is 0. The van der Waals surface area contributed by atoms with E-state index < -0.39 is 0 Å². The molecule has 0 fully saturated rings. The topological polar surface area (TPSA) is 129 Å². The first kappa shape index (κ1) is 18.2. The highest BCUT2D eigenvalue weighted by atomic mass is 15.4. The minimum Gasteiger partial charge on any atom is -0.236 e. The van der Waals surface area contributed by atoms with E-state index in [1.165, 1.54) is 0 Å². The van der Waals surface area contributed by atoms with Gasteiger partial charge < -0.3 is 0 Å². The summed E-state index contributed by atoms with van der Waals surface area (Å²) in [6.45, 7) is 11.4. The van der Waals surface area contributed by atoms with Gasteiger partial charge in [0.05, 0.1) is 17.1 Å². The molecule has 0 amide bonds. The van der Waals surface area contributed by atoms with Crippen LogP contribution < -0.4 is 0 Å². The van der Waals surface area contributed by atoms with Gasteiger partial charge in [0.2, 0.25) is 17.3 Å². The first-order valence-corrected chi connectivity index (χ1v) is 10.5. The zero-order chi connectivity index (χ0) is 22.8. The minimum absolute atomic E-state index is 0.605. The second kappa shape index (κ2) is 5.71. The number of aryl methyl sites for hydroxylation is 6. The summed E-state index contributed by atoms with van der Waals surface area (Å²) in [6, 6.07) is 0. The van der Waals surface area contributed by atoms with Gasteiger partial charge in [-0.3, -0.25) is 0 Å². The highest BCUT2D eigenvalue weighted by molar-refractivity contribution is 5.89. The number of aromatic nitrogens is 12. The summed E-state index contributed by atoms with van der Waals surface area (Å²) in [5.41, 5.74) is 6.49. The van der Waals surface area contributed by atoms with E-state index in [0.717, 1.165) is 17.1 Å². The lowest BCUT2D eigenvalue weighted by Gasteiger charge is -2.04. The van der Waals surface area contributed by atoms with E-state index in [9.17, 15) is 0 Å². The van der Waals surface area contributed by atoms with Crippen molar-refractivity contribution in [1.82, 2.24) is 58.1 Å². The summed E-state index contributed by atoms with van der Waals surface area (Å²) in [7, 11) is 0. The third-order valence-electron chi connectivity index (χ3n) is 5.93. The van der Waals surface area contributed by atoms with Gasteiger partial charge in [0.25, 0.3) is 0 Å². The van der Waals surface area contributed by atoms with Crippen molar-refractivity contribution in [3.05, 3.63) is 34.6 Å². The van der Waals surface area contributed by atoms with Crippen LogP contribution in [0.3, 0.4) is 0 Å². The fourth-order valence-electron chi connectivity index (χ4n) is 4.66. The van der Waals surface area contributed by atoms with Crippen LogP contribution in [0.2, 0.25) is 0 Å². The lowest BCUT2D eigenvalue weighted by Crippen LogP contribution is -2.06. The summed E-state index contributed by atoms with van der Waals surface area (Å²) in [5.74, 6) is 3.79. The largest absolute Gasteiger partial charge is 0.236 e. The van der Waals surface area contributed by atoms with Gasteiger partial charge in [-0.1, -0.05) is 0 Å². The van der Waals surface area contributed by atoms with E-state index >= 15 is 0 Å². The molecule has 0 saturated heterocycles. The van der Waals surface area contributed by atoms with Crippen LogP contribution in [0.4, 0.5) is 0 Å². The third-order valence-corrected chi connectivity index (χ3v) is 5.93. The van der Waals surface area contributed by atoms with E-state index in [2.05, 4.69) is 15.0 Å². The lowest BCUT2D eigenvalue weighted by atomic mass is 10.4. The van der Waals surface area contributed by atoms with Crippen LogP contribution in [0.15, 0.2) is 0 Å². The molecule has 12 heteroatoms. The second-order valence-corrected chi connectivity index (χ2v) is 8.33. The molecule has 0 spiro atoms. The fourth-order valence-corrected chi connectivity index (χ4v) is 4.66. The maximum absolute atomic E-state index is 4.94. The average molecular weight is 438 g/mol. The Labute approximate surface area is 185 Å². The molecule has 12 nitrogen and oxygen atoms in total. The highest BCUT2D eigenvalue weighted by Crippen LogP contribution is 2.28. The lowest BCUT2D eigenvalue weighted by molar-refractivity contribution is 0.972. The zero-order valence-corrected chi connectivity index (χ0v) is 18.9. The van der Waals surface area contributed by atoms with Gasteiger partial charge in [0, 0.05) is 0 Å². The van der Waals surface area contributed by atoms with Crippen LogP contribution in [-0.2, 0) is 0 Å². The Kier molecular flexibility index (Phi) is 3.16. The van der Waals surface area contributed by atoms with Crippen molar-refractivity contribution in [3.63, 3.8) is 0 Å². The van der Waals surface area contributed by atoms with Crippen LogP contribution in [0.1, 0.15) is 34.6 Å². The number of hydrogen-bond acceptors (Lipinski definition) is 9. The Hall–Kier alpha value is -4.35. The van der Waals surface area contributed by atoms with Crippen LogP contribution in [-0.4, -0.2) is 58.1 Å². The minimum atomic E-state index is 0.605. The van der Waals surface area contributed by atoms with Crippen LogP contribution in [0, 0.1) is 41.5 Å². The molecule has 0 bridgehead atoms. The number of imidazole rings is 3. The molecule has 7 aromatic rings. The molecule has 0 N–H and O–H groups in total. The van der Waals surface area contributed by atoms with Gasteiger partial charge in [-0.2, -0.15) is 0 Å². The normalized spacial score (nSPS) is 12.5. The standard InChI is InChI=1S/C21H18N12/c1-7-13-16(25-10(4)22-7)31-19(28-13)32-17-14(8(2)23-11(5)26-17)30-21(32)33-18-15(29-20(31)33)9(3)24-12(6)27-18/h1-6H3. The molecule has 0 radical (unpaired) electrons. The maximum atomic E-state index is 4.94. The molecule has 0 unspecified atom stereocenters. The summed E-state index contributed by atoms with van der Waals surface area (Å²) in [4.78, 5) is 42.5. The van der Waals surface area contributed by atoms with Crippen LogP contribution in [0.5, 0.6) is 0 Å². The Balaban J connectivity index is 1.92. The molecular weight excluding hydrogens is 420 g/mol. The van der Waals surface area contributed by atoms with Crippen molar-refractivity contribution in [1.29, 1.82) is 0 Å². The summed E-state index contributed by atoms with van der Waals surface area (Å²) >= 11 is 0. The summed E-state index contributed by atoms with van der Waals surface area (Å²) in [6.07, 6.45) is 0. The Morgan fingerprint density at radius 1 is 0.364 bits per heavy atom. The molecule has 0 aliphatic carbocycles. The smallest absolute Gasteiger partial charge is 0.228 e. The molecule has 0 atom stereocenters. The molecule has 33 heavy (non-hydrogen) atoms. The Morgan fingerprint density at radius 2 is 0.636 bits per heavy atom. The molecule has 162 valence electrons. The van der Waals surface area contributed by atoms with Gasteiger partial charge in [-0.15, -0.1) is 0 Å². The van der Waals surface area contributed by atoms with Gasteiger partial charge in [0.1, 0.15) is 34.0 Å². The number of rotatable bonds is 0. The monoisotopic (exact) mass is 438 g/mol. The van der Waals surface area contributed by atoms with Crippen molar-refractivity contribution in [3.8, 4) is 0 Å². The molecule has 7 heterocycles. The van der Waals surface area contributed by atoms with Crippen molar-refractivity contribution in [2.45, 2.75) is 41.5 Å². The Bertz CT molecular complexity index is 1730. The van der Waals surface area contributed by atoms with E-state index in [-0.39, 0.29) is 0 Å². The Morgan fingerprint density at radius 3 is 0.909 bits per heavy atom. The molecule has 0 aliphatic rings. The summed E-state index contributed by atoms with van der Waals surface area (Å²) < 4.78 is 5.77. The van der Waals surface area contributed by atoms with Crippen LogP contribution >= 0.6 is 0 Å². The number of nitrogens with zero attached hydrogens (tertiary/aromatic N) is 12. The molecular formula is C21H18N12. The number of fused-ring (bicyclic) bond motifs is 12. The van der Waals surface area contributed by atoms with Crippen LogP contribution in [0.25, 0.3) is 50.8 Å². The molecule has 0 aromatic carbocycles. The zero-order valence-electron chi connectivity index (χ0n) is 18.9. The molecule has 0 aliphatic heterocycles. The highest BCUT2D eigenvalue weighted by Gasteiger charge is 2.25. The van der Waals surface area contributed by atoms with E-state index in [1.54, 1.807) is 0 Å². The fraction of sp³-hybridized carbons (Fsp3) is 0.286. The van der Waals surface area contributed by atoms with Crippen molar-refractivity contribution in [2.24, 2.45) is 0 Å². The molecule has 7 rings (SSSR count). The van der Waals surface area contributed by atoms with Gasteiger partial charge in [-0.05, 0) is 41.5 Å². The van der Waals surface area contributed by atoms with Crippen molar-refractivity contribution < 1.29 is 0 Å². The van der Waals surface area contributed by atoms with E-state index in [4.69, 9.17) is 29.9 Å². The second-order valence-electron chi connectivity index (χ2n) is 8.33. The predicted octanol–water partition coefficient (Wildman–Crippen LogP) is 2.31. The number of hydrogen-bond donors (Lipinski definition) is 0. The predicted molar refractivity (Wildman–Crippen MR) is 120 cm³/mol. The van der Waals surface area contributed by atoms with E-state index in [0.29, 0.717) is 68.3 Å². The molecule has 7 aromatic heterocycles. The van der Waals surface area contributed by atoms with E-state index in [1.807, 2.05) is 54.7 Å². The van der Waals surface area contributed by atoms with Crippen molar-refractivity contribution >= 4 is 50.8 Å². The SMILES string of the molecule is Cc1nc(C)c2nc3n(c2n1)c1nc2c(C)nc(C)nc2n1c1nc2c(C)nc(C)nc2n31.